The molecule has 2 fully saturated rings. The number of nitrogens with one attached hydrogen (secondary N) is 1. The van der Waals surface area contributed by atoms with Crippen molar-refractivity contribution in [3.05, 3.63) is 28.8 Å². The number of benzene rings is 1. The van der Waals surface area contributed by atoms with Gasteiger partial charge in [0.05, 0.1) is 0 Å². The number of phenolic OH excluding ortho intramolecular Hbond substituents is 1. The highest BCUT2D eigenvalue weighted by Crippen LogP contribution is 2.41. The second-order valence-corrected chi connectivity index (χ2v) is 6.48. The van der Waals surface area contributed by atoms with Crippen LogP contribution in [0.15, 0.2) is 12.1 Å². The molecule has 1 aliphatic heterocycles. The van der Waals surface area contributed by atoms with Crippen molar-refractivity contribution in [2.24, 2.45) is 5.92 Å². The van der Waals surface area contributed by atoms with Gasteiger partial charge in [-0.2, -0.15) is 0 Å². The molecule has 2 aliphatic rings. The van der Waals surface area contributed by atoms with Gasteiger partial charge in [-0.25, -0.2) is 0 Å². The van der Waals surface area contributed by atoms with Crippen molar-refractivity contribution in [3.8, 4) is 5.75 Å². The number of hydrogen-bond donors (Lipinski definition) is 2. The zero-order chi connectivity index (χ0) is 14.1. The van der Waals surface area contributed by atoms with E-state index < -0.39 is 0 Å². The number of piperazine rings is 1. The zero-order valence-electron chi connectivity index (χ0n) is 12.7. The minimum absolute atomic E-state index is 0.458. The van der Waals surface area contributed by atoms with Crippen LogP contribution in [0.5, 0.6) is 5.75 Å². The number of rotatable bonds is 4. The second kappa shape index (κ2) is 5.74. The summed E-state index contributed by atoms with van der Waals surface area (Å²) in [5.41, 5.74) is 3.42. The third-order valence-corrected chi connectivity index (χ3v) is 4.74. The van der Waals surface area contributed by atoms with Crippen LogP contribution in [0, 0.1) is 19.8 Å². The van der Waals surface area contributed by atoms with Crippen molar-refractivity contribution in [2.45, 2.75) is 39.2 Å². The van der Waals surface area contributed by atoms with E-state index in [0.717, 1.165) is 43.2 Å². The molecule has 1 aromatic carbocycles. The summed E-state index contributed by atoms with van der Waals surface area (Å²) in [6.07, 6.45) is 4.08. The summed E-state index contributed by atoms with van der Waals surface area (Å²) in [6.45, 7) is 8.48. The normalized spacial score (nSPS) is 21.9. The third-order valence-electron chi connectivity index (χ3n) is 4.74. The molecule has 3 rings (SSSR count). The summed E-state index contributed by atoms with van der Waals surface area (Å²) in [5, 5.41) is 13.4. The van der Waals surface area contributed by atoms with Crippen LogP contribution in [0.3, 0.4) is 0 Å². The average Bonchev–Trinajstić information content (AvgIpc) is 3.27. The fourth-order valence-electron chi connectivity index (χ4n) is 3.34. The van der Waals surface area contributed by atoms with Crippen molar-refractivity contribution in [1.82, 2.24) is 10.2 Å². The maximum Gasteiger partial charge on any atom is 0.121 e. The molecular weight excluding hydrogens is 248 g/mol. The van der Waals surface area contributed by atoms with Gasteiger partial charge in [-0.1, -0.05) is 25.0 Å². The number of aryl methyl sites for hydroxylation is 2. The van der Waals surface area contributed by atoms with E-state index in [2.05, 4.69) is 22.3 Å². The molecule has 0 aromatic heterocycles. The first kappa shape index (κ1) is 13.9. The van der Waals surface area contributed by atoms with Crippen molar-refractivity contribution >= 4 is 0 Å². The van der Waals surface area contributed by atoms with Gasteiger partial charge in [0.15, 0.2) is 0 Å². The Morgan fingerprint density at radius 3 is 2.35 bits per heavy atom. The van der Waals surface area contributed by atoms with Crippen molar-refractivity contribution in [2.75, 3.05) is 26.2 Å². The van der Waals surface area contributed by atoms with Crippen LogP contribution in [0.25, 0.3) is 0 Å². The quantitative estimate of drug-likeness (QED) is 0.886. The van der Waals surface area contributed by atoms with Crippen molar-refractivity contribution in [3.63, 3.8) is 0 Å². The van der Waals surface area contributed by atoms with E-state index in [9.17, 15) is 5.11 Å². The molecule has 0 amide bonds. The summed E-state index contributed by atoms with van der Waals surface area (Å²) < 4.78 is 0. The van der Waals surface area contributed by atoms with Gasteiger partial charge < -0.3 is 10.4 Å². The Bertz CT molecular complexity index is 453. The number of hydrogen-bond acceptors (Lipinski definition) is 3. The highest BCUT2D eigenvalue weighted by atomic mass is 16.3. The molecule has 3 heteroatoms. The van der Waals surface area contributed by atoms with Crippen LogP contribution in [-0.4, -0.2) is 36.2 Å². The van der Waals surface area contributed by atoms with Crippen LogP contribution in [0.4, 0.5) is 0 Å². The van der Waals surface area contributed by atoms with Crippen LogP contribution in [0.1, 0.15) is 42.0 Å². The Kier molecular flexibility index (Phi) is 3.99. The monoisotopic (exact) mass is 274 g/mol. The minimum Gasteiger partial charge on any atom is -0.507 e. The van der Waals surface area contributed by atoms with E-state index in [0.29, 0.717) is 11.8 Å². The first-order valence-electron chi connectivity index (χ1n) is 7.90. The molecule has 1 saturated carbocycles. The van der Waals surface area contributed by atoms with Gasteiger partial charge in [0.25, 0.3) is 0 Å². The van der Waals surface area contributed by atoms with Gasteiger partial charge in [0.2, 0.25) is 0 Å². The Morgan fingerprint density at radius 1 is 1.20 bits per heavy atom. The standard InChI is InChI=1S/C17H26N2O/c1-12-9-15(10-13(2)17(12)20)16(11-14-3-4-14)19-7-5-18-6-8-19/h9-10,14,16,18,20H,3-8,11H2,1-2H3/t16-/m0/s1. The van der Waals surface area contributed by atoms with Crippen LogP contribution in [-0.2, 0) is 0 Å². The SMILES string of the molecule is Cc1cc([C@H](CC2CC2)N2CCNCC2)cc(C)c1O. The van der Waals surface area contributed by atoms with E-state index in [-0.39, 0.29) is 0 Å². The lowest BCUT2D eigenvalue weighted by atomic mass is 9.95. The molecule has 110 valence electrons. The molecule has 1 aromatic rings. The molecule has 1 saturated heterocycles. The number of phenols is 1. The molecule has 0 spiro atoms. The topological polar surface area (TPSA) is 35.5 Å². The van der Waals surface area contributed by atoms with Gasteiger partial charge in [0.1, 0.15) is 5.75 Å². The van der Waals surface area contributed by atoms with Gasteiger partial charge in [-0.15, -0.1) is 0 Å². The predicted molar refractivity (Wildman–Crippen MR) is 82.1 cm³/mol. The summed E-state index contributed by atoms with van der Waals surface area (Å²) in [5.74, 6) is 1.38. The van der Waals surface area contributed by atoms with Crippen molar-refractivity contribution in [1.29, 1.82) is 0 Å². The molecular formula is C17H26N2O. The summed E-state index contributed by atoms with van der Waals surface area (Å²) in [4.78, 5) is 2.63. The van der Waals surface area contributed by atoms with Gasteiger partial charge >= 0.3 is 0 Å². The molecule has 1 heterocycles. The highest BCUT2D eigenvalue weighted by Gasteiger charge is 2.30. The maximum atomic E-state index is 9.99. The van der Waals surface area contributed by atoms with Gasteiger partial charge in [-0.05, 0) is 42.9 Å². The Morgan fingerprint density at radius 2 is 1.80 bits per heavy atom. The molecule has 1 atom stereocenters. The van der Waals surface area contributed by atoms with Gasteiger partial charge in [-0.3, -0.25) is 4.90 Å². The maximum absolute atomic E-state index is 9.99. The van der Waals surface area contributed by atoms with E-state index >= 15 is 0 Å². The molecule has 20 heavy (non-hydrogen) atoms. The van der Waals surface area contributed by atoms with Crippen LogP contribution in [0.2, 0.25) is 0 Å². The molecule has 1 aliphatic carbocycles. The number of aromatic hydroxyl groups is 1. The lowest BCUT2D eigenvalue weighted by Gasteiger charge is -2.36. The molecule has 0 radical (unpaired) electrons. The van der Waals surface area contributed by atoms with E-state index in [1.165, 1.54) is 24.8 Å². The first-order chi connectivity index (χ1) is 9.65. The summed E-state index contributed by atoms with van der Waals surface area (Å²) >= 11 is 0. The summed E-state index contributed by atoms with van der Waals surface area (Å²) in [6, 6.07) is 4.91. The molecule has 2 N–H and O–H groups in total. The Labute approximate surface area is 122 Å². The Balaban J connectivity index is 1.87. The van der Waals surface area contributed by atoms with Crippen LogP contribution >= 0.6 is 0 Å². The first-order valence-corrected chi connectivity index (χ1v) is 7.90. The lowest BCUT2D eigenvalue weighted by Crippen LogP contribution is -2.45. The molecule has 3 nitrogen and oxygen atoms in total. The fourth-order valence-corrected chi connectivity index (χ4v) is 3.34. The molecule has 0 unspecified atom stereocenters. The highest BCUT2D eigenvalue weighted by molar-refractivity contribution is 5.43. The van der Waals surface area contributed by atoms with E-state index in [1.54, 1.807) is 0 Å². The van der Waals surface area contributed by atoms with E-state index in [1.807, 2.05) is 13.8 Å². The van der Waals surface area contributed by atoms with Crippen LogP contribution < -0.4 is 5.32 Å². The fraction of sp³-hybridized carbons (Fsp3) is 0.647. The smallest absolute Gasteiger partial charge is 0.121 e. The third kappa shape index (κ3) is 2.99. The zero-order valence-corrected chi connectivity index (χ0v) is 12.7. The largest absolute Gasteiger partial charge is 0.507 e. The van der Waals surface area contributed by atoms with Gasteiger partial charge in [0, 0.05) is 32.2 Å². The Hall–Kier alpha value is -1.06. The number of nitrogens with zero attached hydrogens (tertiary/aromatic N) is 1. The van der Waals surface area contributed by atoms with E-state index in [4.69, 9.17) is 0 Å². The van der Waals surface area contributed by atoms with Crippen molar-refractivity contribution < 1.29 is 5.11 Å². The lowest BCUT2D eigenvalue weighted by molar-refractivity contribution is 0.160. The average molecular weight is 274 g/mol. The minimum atomic E-state index is 0.458. The summed E-state index contributed by atoms with van der Waals surface area (Å²) in [7, 11) is 0. The predicted octanol–water partition coefficient (Wildman–Crippen LogP) is 2.76. The second-order valence-electron chi connectivity index (χ2n) is 6.48. The molecule has 0 bridgehead atoms.